The van der Waals surface area contributed by atoms with Gasteiger partial charge in [0.1, 0.15) is 17.3 Å². The van der Waals surface area contributed by atoms with Gasteiger partial charge in [0.2, 0.25) is 0 Å². The summed E-state index contributed by atoms with van der Waals surface area (Å²) in [7, 11) is 1.53. The monoisotopic (exact) mass is 230 g/mol. The maximum absolute atomic E-state index is 13.6. The molecular weight excluding hydrogens is 214 g/mol. The molecular formula is C11H16F2N2O. The molecule has 0 aliphatic rings. The van der Waals surface area contributed by atoms with Crippen molar-refractivity contribution in [2.24, 2.45) is 5.73 Å². The average Bonchev–Trinajstić information content (AvgIpc) is 2.26. The fraction of sp³-hybridized carbons (Fsp3) is 0.455. The molecule has 0 saturated heterocycles. The van der Waals surface area contributed by atoms with Crippen LogP contribution in [0.15, 0.2) is 12.1 Å². The number of benzene rings is 1. The lowest BCUT2D eigenvalue weighted by atomic mass is 10.1. The standard InChI is InChI=1S/C11H16F2N2O/c1-7(6-16)15(2)11-9(12)3-8(5-14)4-10(11)13/h3-4,7,16H,5-6,14H2,1-2H3. The molecule has 0 saturated carbocycles. The van der Waals surface area contributed by atoms with E-state index in [1.807, 2.05) is 0 Å². The van der Waals surface area contributed by atoms with Crippen LogP contribution in [0.5, 0.6) is 0 Å². The molecule has 3 N–H and O–H groups in total. The molecule has 1 atom stereocenters. The smallest absolute Gasteiger partial charge is 0.149 e. The van der Waals surface area contributed by atoms with Gasteiger partial charge in [0.05, 0.1) is 6.61 Å². The Morgan fingerprint density at radius 3 is 2.25 bits per heavy atom. The van der Waals surface area contributed by atoms with Gasteiger partial charge in [0.15, 0.2) is 0 Å². The third-order valence-electron chi connectivity index (χ3n) is 2.59. The van der Waals surface area contributed by atoms with E-state index in [9.17, 15) is 8.78 Å². The number of hydrogen-bond acceptors (Lipinski definition) is 3. The van der Waals surface area contributed by atoms with E-state index >= 15 is 0 Å². The van der Waals surface area contributed by atoms with E-state index in [0.29, 0.717) is 5.56 Å². The quantitative estimate of drug-likeness (QED) is 0.818. The van der Waals surface area contributed by atoms with Gasteiger partial charge in [-0.05, 0) is 24.6 Å². The molecule has 0 spiro atoms. The Labute approximate surface area is 93.5 Å². The zero-order chi connectivity index (χ0) is 12.3. The van der Waals surface area contributed by atoms with E-state index in [0.717, 1.165) is 0 Å². The fourth-order valence-electron chi connectivity index (χ4n) is 1.42. The van der Waals surface area contributed by atoms with Crippen molar-refractivity contribution < 1.29 is 13.9 Å². The minimum Gasteiger partial charge on any atom is -0.394 e. The Morgan fingerprint density at radius 2 is 1.88 bits per heavy atom. The summed E-state index contributed by atoms with van der Waals surface area (Å²) in [5, 5.41) is 8.94. The van der Waals surface area contributed by atoms with Crippen LogP contribution >= 0.6 is 0 Å². The summed E-state index contributed by atoms with van der Waals surface area (Å²) in [6, 6.07) is 2.06. The number of hydrogen-bond donors (Lipinski definition) is 2. The zero-order valence-corrected chi connectivity index (χ0v) is 9.37. The number of nitrogens with zero attached hydrogens (tertiary/aromatic N) is 1. The van der Waals surface area contributed by atoms with Gasteiger partial charge in [0, 0.05) is 19.6 Å². The number of rotatable bonds is 4. The second-order valence-electron chi connectivity index (χ2n) is 3.75. The Hall–Kier alpha value is -1.20. The predicted octanol–water partition coefficient (Wildman–Crippen LogP) is 1.24. The summed E-state index contributed by atoms with van der Waals surface area (Å²) in [4.78, 5) is 1.37. The van der Waals surface area contributed by atoms with E-state index in [4.69, 9.17) is 10.8 Å². The van der Waals surface area contributed by atoms with Crippen molar-refractivity contribution in [2.75, 3.05) is 18.6 Å². The molecule has 0 fully saturated rings. The van der Waals surface area contributed by atoms with Gasteiger partial charge >= 0.3 is 0 Å². The second kappa shape index (κ2) is 5.23. The summed E-state index contributed by atoms with van der Waals surface area (Å²) in [6.45, 7) is 1.59. The normalized spacial score (nSPS) is 12.6. The van der Waals surface area contributed by atoms with E-state index < -0.39 is 11.6 Å². The van der Waals surface area contributed by atoms with Crippen LogP contribution in [-0.2, 0) is 6.54 Å². The first-order chi connectivity index (χ1) is 7.51. The van der Waals surface area contributed by atoms with Gasteiger partial charge in [-0.2, -0.15) is 0 Å². The van der Waals surface area contributed by atoms with Crippen LogP contribution in [0.2, 0.25) is 0 Å². The van der Waals surface area contributed by atoms with E-state index in [-0.39, 0.29) is 24.9 Å². The minimum absolute atomic E-state index is 0.0907. The van der Waals surface area contributed by atoms with Crippen LogP contribution in [0, 0.1) is 11.6 Å². The fourth-order valence-corrected chi connectivity index (χ4v) is 1.42. The first kappa shape index (κ1) is 12.9. The highest BCUT2D eigenvalue weighted by Crippen LogP contribution is 2.25. The average molecular weight is 230 g/mol. The van der Waals surface area contributed by atoms with Crippen molar-refractivity contribution in [3.63, 3.8) is 0 Å². The molecule has 3 nitrogen and oxygen atoms in total. The van der Waals surface area contributed by atoms with Crippen molar-refractivity contribution in [1.82, 2.24) is 0 Å². The third-order valence-corrected chi connectivity index (χ3v) is 2.59. The van der Waals surface area contributed by atoms with E-state index in [2.05, 4.69) is 0 Å². The van der Waals surface area contributed by atoms with Crippen molar-refractivity contribution in [1.29, 1.82) is 0 Å². The molecule has 0 heterocycles. The lowest BCUT2D eigenvalue weighted by molar-refractivity contribution is 0.269. The lowest BCUT2D eigenvalue weighted by Gasteiger charge is -2.26. The first-order valence-corrected chi connectivity index (χ1v) is 5.03. The van der Waals surface area contributed by atoms with Crippen molar-refractivity contribution >= 4 is 5.69 Å². The number of aliphatic hydroxyl groups excluding tert-OH is 1. The number of nitrogens with two attached hydrogens (primary N) is 1. The summed E-state index contributed by atoms with van der Waals surface area (Å²) in [5.41, 5.74) is 5.58. The van der Waals surface area contributed by atoms with Gasteiger partial charge in [-0.15, -0.1) is 0 Å². The van der Waals surface area contributed by atoms with Crippen molar-refractivity contribution in [3.05, 3.63) is 29.3 Å². The largest absolute Gasteiger partial charge is 0.394 e. The van der Waals surface area contributed by atoms with E-state index in [1.165, 1.54) is 24.1 Å². The minimum atomic E-state index is -0.664. The van der Waals surface area contributed by atoms with Crippen LogP contribution in [-0.4, -0.2) is 24.8 Å². The summed E-state index contributed by atoms with van der Waals surface area (Å²) in [5.74, 6) is -1.33. The summed E-state index contributed by atoms with van der Waals surface area (Å²) < 4.78 is 27.3. The molecule has 1 aromatic carbocycles. The van der Waals surface area contributed by atoms with Gasteiger partial charge in [-0.25, -0.2) is 8.78 Å². The number of anilines is 1. The predicted molar refractivity (Wildman–Crippen MR) is 59.2 cm³/mol. The molecule has 90 valence electrons. The van der Waals surface area contributed by atoms with Crippen LogP contribution in [0.25, 0.3) is 0 Å². The molecule has 5 heteroatoms. The Kier molecular flexibility index (Phi) is 4.20. The maximum atomic E-state index is 13.6. The molecule has 0 aromatic heterocycles. The van der Waals surface area contributed by atoms with Crippen molar-refractivity contribution in [2.45, 2.75) is 19.5 Å². The Bertz CT molecular complexity index is 348. The Morgan fingerprint density at radius 1 is 1.38 bits per heavy atom. The molecule has 0 aliphatic carbocycles. The number of aliphatic hydroxyl groups is 1. The van der Waals surface area contributed by atoms with Gasteiger partial charge in [-0.1, -0.05) is 0 Å². The summed E-state index contributed by atoms with van der Waals surface area (Å²) in [6.07, 6.45) is 0. The lowest BCUT2D eigenvalue weighted by Crippen LogP contribution is -2.33. The zero-order valence-electron chi connectivity index (χ0n) is 9.37. The molecule has 1 unspecified atom stereocenters. The molecule has 1 aromatic rings. The number of likely N-dealkylation sites (N-methyl/N-ethyl adjacent to an activating group) is 1. The Balaban J connectivity index is 3.14. The molecule has 0 amide bonds. The first-order valence-electron chi connectivity index (χ1n) is 5.03. The van der Waals surface area contributed by atoms with Gasteiger partial charge in [-0.3, -0.25) is 0 Å². The van der Waals surface area contributed by atoms with Crippen molar-refractivity contribution in [3.8, 4) is 0 Å². The summed E-state index contributed by atoms with van der Waals surface area (Å²) >= 11 is 0. The SMILES string of the molecule is CC(CO)N(C)c1c(F)cc(CN)cc1F. The highest BCUT2D eigenvalue weighted by atomic mass is 19.1. The third kappa shape index (κ3) is 2.48. The highest BCUT2D eigenvalue weighted by Gasteiger charge is 2.18. The van der Waals surface area contributed by atoms with Gasteiger partial charge in [0.25, 0.3) is 0 Å². The molecule has 0 radical (unpaired) electrons. The topological polar surface area (TPSA) is 49.5 Å². The van der Waals surface area contributed by atoms with E-state index in [1.54, 1.807) is 6.92 Å². The number of halogens is 2. The van der Waals surface area contributed by atoms with Crippen LogP contribution in [0.3, 0.4) is 0 Å². The molecule has 0 bridgehead atoms. The molecule has 0 aliphatic heterocycles. The molecule has 1 rings (SSSR count). The second-order valence-corrected chi connectivity index (χ2v) is 3.75. The van der Waals surface area contributed by atoms with Gasteiger partial charge < -0.3 is 15.7 Å². The highest BCUT2D eigenvalue weighted by molar-refractivity contribution is 5.50. The van der Waals surface area contributed by atoms with Crippen LogP contribution in [0.4, 0.5) is 14.5 Å². The van der Waals surface area contributed by atoms with Crippen LogP contribution < -0.4 is 10.6 Å². The van der Waals surface area contributed by atoms with Crippen LogP contribution in [0.1, 0.15) is 12.5 Å². The molecule has 16 heavy (non-hydrogen) atoms. The maximum Gasteiger partial charge on any atom is 0.149 e.